The number of benzene rings is 11. The highest BCUT2D eigenvalue weighted by molar-refractivity contribution is 6.28. The molecule has 216 valence electrons. The molecule has 0 amide bonds. The lowest BCUT2D eigenvalue weighted by Gasteiger charge is -2.29. The fraction of sp³-hybridized carbons (Fsp3) is 0. The molecule has 0 aliphatic rings. The smallest absolute Gasteiger partial charge is 0.0540 e. The van der Waals surface area contributed by atoms with Crippen LogP contribution in [0.15, 0.2) is 164 Å². The van der Waals surface area contributed by atoms with E-state index < -0.39 is 0 Å². The Hall–Kier alpha value is -6.18. The van der Waals surface area contributed by atoms with Crippen molar-refractivity contribution in [2.45, 2.75) is 0 Å². The van der Waals surface area contributed by atoms with Gasteiger partial charge in [0, 0.05) is 16.5 Å². The van der Waals surface area contributed by atoms with Crippen LogP contribution in [-0.4, -0.2) is 0 Å². The molecule has 0 aromatic heterocycles. The zero-order valence-corrected chi connectivity index (χ0v) is 25.5. The van der Waals surface area contributed by atoms with Crippen LogP contribution < -0.4 is 4.90 Å². The number of anilines is 3. The van der Waals surface area contributed by atoms with E-state index in [9.17, 15) is 0 Å². The topological polar surface area (TPSA) is 3.24 Å². The first kappa shape index (κ1) is 25.1. The summed E-state index contributed by atoms with van der Waals surface area (Å²) in [6, 6.07) is 61.1. The minimum absolute atomic E-state index is 1.15. The van der Waals surface area contributed by atoms with Crippen molar-refractivity contribution < 1.29 is 0 Å². The van der Waals surface area contributed by atoms with Gasteiger partial charge in [-0.15, -0.1) is 0 Å². The first-order valence-corrected chi connectivity index (χ1v) is 16.3. The van der Waals surface area contributed by atoms with E-state index in [0.717, 1.165) is 5.69 Å². The normalized spacial score (nSPS) is 12.3. The summed E-state index contributed by atoms with van der Waals surface area (Å²) in [6.07, 6.45) is 0. The molecule has 0 spiro atoms. The quantitative estimate of drug-likeness (QED) is 0.184. The van der Waals surface area contributed by atoms with E-state index in [1.54, 1.807) is 0 Å². The number of rotatable bonds is 3. The second-order valence-corrected chi connectivity index (χ2v) is 12.9. The van der Waals surface area contributed by atoms with Gasteiger partial charge in [0.15, 0.2) is 0 Å². The van der Waals surface area contributed by atoms with Gasteiger partial charge in [-0.05, 0) is 99.7 Å². The van der Waals surface area contributed by atoms with E-state index in [1.165, 1.54) is 97.6 Å². The first-order chi connectivity index (χ1) is 23.3. The molecule has 0 N–H and O–H groups in total. The zero-order chi connectivity index (χ0) is 30.6. The van der Waals surface area contributed by atoms with Crippen LogP contribution in [0.1, 0.15) is 0 Å². The van der Waals surface area contributed by atoms with E-state index in [1.807, 2.05) is 0 Å². The third-order valence-corrected chi connectivity index (χ3v) is 10.5. The van der Waals surface area contributed by atoms with E-state index in [4.69, 9.17) is 0 Å². The van der Waals surface area contributed by atoms with Gasteiger partial charge < -0.3 is 4.90 Å². The molecule has 0 saturated heterocycles. The molecule has 1 heteroatoms. The summed E-state index contributed by atoms with van der Waals surface area (Å²) >= 11 is 0. The SMILES string of the molecule is c1ccc2c(c1)ccc1cc(N(c3ccc4ccc5cccc6ccc3c4c56)c3ccc4ccc5cccc6ccc3c4c56)ccc12. The molecule has 0 unspecified atom stereocenters. The van der Waals surface area contributed by atoms with E-state index in [0.29, 0.717) is 0 Å². The van der Waals surface area contributed by atoms with Gasteiger partial charge in [-0.25, -0.2) is 0 Å². The van der Waals surface area contributed by atoms with Crippen molar-refractivity contribution in [3.05, 3.63) is 164 Å². The number of fused-ring (bicyclic) bond motifs is 3. The Labute approximate surface area is 271 Å². The monoisotopic (exact) mass is 593 g/mol. The molecule has 47 heavy (non-hydrogen) atoms. The molecule has 0 saturated carbocycles. The zero-order valence-electron chi connectivity index (χ0n) is 25.5. The van der Waals surface area contributed by atoms with Crippen molar-refractivity contribution in [1.82, 2.24) is 0 Å². The van der Waals surface area contributed by atoms with Crippen LogP contribution in [0.4, 0.5) is 17.1 Å². The molecule has 0 atom stereocenters. The number of nitrogens with zero attached hydrogens (tertiary/aromatic N) is 1. The first-order valence-electron chi connectivity index (χ1n) is 16.3. The summed E-state index contributed by atoms with van der Waals surface area (Å²) in [5, 5.41) is 20.6. The van der Waals surface area contributed by atoms with Crippen molar-refractivity contribution in [1.29, 1.82) is 0 Å². The van der Waals surface area contributed by atoms with Gasteiger partial charge in [0.25, 0.3) is 0 Å². The standard InChI is InChI=1S/C46H27N/c1-2-10-37-28(5-1)11-16-35-27-36(21-24-38(35)37)47(41-25-19-33-14-12-29-6-3-8-31-17-22-39(41)45(33)43(29)31)42-26-20-34-15-13-30-7-4-9-32-18-23-40(42)46(34)44(30)32/h1-27H. The molecule has 0 fully saturated rings. The van der Waals surface area contributed by atoms with Gasteiger partial charge in [0.05, 0.1) is 11.4 Å². The van der Waals surface area contributed by atoms with Crippen LogP contribution in [0.2, 0.25) is 0 Å². The van der Waals surface area contributed by atoms with E-state index >= 15 is 0 Å². The Morgan fingerprint density at radius 1 is 0.255 bits per heavy atom. The Kier molecular flexibility index (Phi) is 4.90. The lowest BCUT2D eigenvalue weighted by molar-refractivity contribution is 1.32. The molecule has 1 nitrogen and oxygen atoms in total. The minimum Gasteiger partial charge on any atom is -0.309 e. The summed E-state index contributed by atoms with van der Waals surface area (Å²) in [5.74, 6) is 0. The molecule has 11 aromatic rings. The predicted octanol–water partition coefficient (Wildman–Crippen LogP) is 13.3. The summed E-state index contributed by atoms with van der Waals surface area (Å²) in [6.45, 7) is 0. The minimum atomic E-state index is 1.15. The van der Waals surface area contributed by atoms with Gasteiger partial charge in [-0.3, -0.25) is 0 Å². The van der Waals surface area contributed by atoms with E-state index in [2.05, 4.69) is 169 Å². The highest BCUT2D eigenvalue weighted by atomic mass is 15.1. The average Bonchev–Trinajstić information content (AvgIpc) is 3.13. The number of hydrogen-bond donors (Lipinski definition) is 0. The second-order valence-electron chi connectivity index (χ2n) is 12.9. The van der Waals surface area contributed by atoms with Gasteiger partial charge >= 0.3 is 0 Å². The lowest BCUT2D eigenvalue weighted by Crippen LogP contribution is -2.11. The molecule has 0 bridgehead atoms. The maximum atomic E-state index is 2.51. The second kappa shape index (κ2) is 9.19. The Morgan fingerprint density at radius 3 is 1.26 bits per heavy atom. The lowest BCUT2D eigenvalue weighted by atomic mass is 9.91. The van der Waals surface area contributed by atoms with Crippen LogP contribution >= 0.6 is 0 Å². The van der Waals surface area contributed by atoms with Crippen molar-refractivity contribution in [2.75, 3.05) is 4.90 Å². The van der Waals surface area contributed by atoms with Crippen LogP contribution in [-0.2, 0) is 0 Å². The maximum Gasteiger partial charge on any atom is 0.0540 e. The molecule has 0 radical (unpaired) electrons. The Bertz CT molecular complexity index is 2840. The van der Waals surface area contributed by atoms with Crippen molar-refractivity contribution in [3.63, 3.8) is 0 Å². The molecule has 11 rings (SSSR count). The molecular weight excluding hydrogens is 567 g/mol. The largest absolute Gasteiger partial charge is 0.309 e. The van der Waals surface area contributed by atoms with Gasteiger partial charge in [-0.1, -0.05) is 140 Å². The summed E-state index contributed by atoms with van der Waals surface area (Å²) in [4.78, 5) is 2.51. The molecular formula is C46H27N. The van der Waals surface area contributed by atoms with Crippen molar-refractivity contribution in [3.8, 4) is 0 Å². The number of hydrogen-bond acceptors (Lipinski definition) is 1. The highest BCUT2D eigenvalue weighted by Gasteiger charge is 2.22. The maximum absolute atomic E-state index is 2.51. The van der Waals surface area contributed by atoms with Crippen molar-refractivity contribution >= 4 is 103 Å². The van der Waals surface area contributed by atoms with Gasteiger partial charge in [0.2, 0.25) is 0 Å². The summed E-state index contributed by atoms with van der Waals surface area (Å²) in [5.41, 5.74) is 3.52. The third-order valence-electron chi connectivity index (χ3n) is 10.5. The molecule has 0 aliphatic heterocycles. The molecule has 0 heterocycles. The summed E-state index contributed by atoms with van der Waals surface area (Å²) < 4.78 is 0. The van der Waals surface area contributed by atoms with Gasteiger partial charge in [0.1, 0.15) is 0 Å². The fourth-order valence-electron chi connectivity index (χ4n) is 8.38. The molecule has 11 aromatic carbocycles. The summed E-state index contributed by atoms with van der Waals surface area (Å²) in [7, 11) is 0. The molecule has 0 aliphatic carbocycles. The third kappa shape index (κ3) is 3.43. The Balaban J connectivity index is 1.27. The van der Waals surface area contributed by atoms with Gasteiger partial charge in [-0.2, -0.15) is 0 Å². The van der Waals surface area contributed by atoms with Crippen molar-refractivity contribution in [2.24, 2.45) is 0 Å². The van der Waals surface area contributed by atoms with Crippen LogP contribution in [0, 0.1) is 0 Å². The average molecular weight is 594 g/mol. The van der Waals surface area contributed by atoms with Crippen LogP contribution in [0.25, 0.3) is 86.2 Å². The predicted molar refractivity (Wildman–Crippen MR) is 204 cm³/mol. The highest BCUT2D eigenvalue weighted by Crippen LogP contribution is 2.48. The van der Waals surface area contributed by atoms with Crippen LogP contribution in [0.5, 0.6) is 0 Å². The van der Waals surface area contributed by atoms with E-state index in [-0.39, 0.29) is 0 Å². The van der Waals surface area contributed by atoms with Crippen LogP contribution in [0.3, 0.4) is 0 Å². The fourth-order valence-corrected chi connectivity index (χ4v) is 8.38. The Morgan fingerprint density at radius 2 is 0.660 bits per heavy atom.